The summed E-state index contributed by atoms with van der Waals surface area (Å²) in [5.41, 5.74) is 10.3. The summed E-state index contributed by atoms with van der Waals surface area (Å²) >= 11 is 0. The van der Waals surface area contributed by atoms with Crippen LogP contribution in [0.4, 0.5) is 0 Å². The van der Waals surface area contributed by atoms with Gasteiger partial charge in [0.2, 0.25) is 0 Å². The minimum absolute atomic E-state index is 0. The van der Waals surface area contributed by atoms with Gasteiger partial charge in [-0.3, -0.25) is 14.4 Å². The molecule has 60 heavy (non-hydrogen) atoms. The van der Waals surface area contributed by atoms with E-state index in [0.717, 1.165) is 87.6 Å². The van der Waals surface area contributed by atoms with E-state index < -0.39 is 11.9 Å². The Morgan fingerprint density at radius 3 is 2.05 bits per heavy atom. The van der Waals surface area contributed by atoms with Crippen molar-refractivity contribution >= 4 is 64.6 Å². The molecule has 1 aliphatic carbocycles. The van der Waals surface area contributed by atoms with Crippen LogP contribution in [0.2, 0.25) is 0 Å². The van der Waals surface area contributed by atoms with Crippen LogP contribution in [0.15, 0.2) is 11.4 Å². The first kappa shape index (κ1) is 47.3. The number of ketones is 1. The van der Waals surface area contributed by atoms with E-state index in [4.69, 9.17) is 29.7 Å². The largest absolute Gasteiger partial charge is 2.00 e. The zero-order valence-electron chi connectivity index (χ0n) is 38.2. The number of allylic oxidation sites excluding steroid dienone is 2. The topological polar surface area (TPSA) is 126 Å². The molecule has 6 rings (SSSR count). The Hall–Kier alpha value is -3.76. The normalized spacial score (nSPS) is 22.2. The van der Waals surface area contributed by atoms with E-state index in [9.17, 15) is 14.4 Å². The summed E-state index contributed by atoms with van der Waals surface area (Å²) in [6.45, 7) is 22.0. The van der Waals surface area contributed by atoms with Crippen molar-refractivity contribution in [1.82, 2.24) is 15.0 Å². The van der Waals surface area contributed by atoms with E-state index in [2.05, 4.69) is 68.4 Å². The number of Topliss-reactive ketones (excluding diaryl/α,β-unsaturated/α-hetero) is 1. The first-order valence-corrected chi connectivity index (χ1v) is 22.3. The molecule has 320 valence electrons. The summed E-state index contributed by atoms with van der Waals surface area (Å²) in [5.74, 6) is -0.853. The standard InChI is InChI=1S/C50H67N4O5.Mg/c1-12-34-30(7)37-24-39-32(9)36(20-21-43(55)59-23-22-29(6)19-15-18-28(5)17-14-16-27(3)4)47(53-39)45-46(50(57)58-11)49(56)44-33(10)40(54-48(44)45)26-42-35(13-2)31(8)38(52-42)25-41(34)51-37;/h24-29,32,36,46H,12-23H2,1-11H3,(H-,53,54,56);/q-3;+2/p-1/b38-25-,39-24-,42-26-;/t28-,29-,32+,36+,46-;/m1./s1. The fourth-order valence-electron chi connectivity index (χ4n) is 9.57. The van der Waals surface area contributed by atoms with Crippen LogP contribution < -0.4 is 25.7 Å². The number of fused-ring (bicyclic) bond motifs is 7. The number of hydrogen-bond acceptors (Lipinski definition) is 5. The maximum absolute atomic E-state index is 14.3. The van der Waals surface area contributed by atoms with Crippen LogP contribution in [0, 0.1) is 56.3 Å². The molecule has 0 spiro atoms. The Labute approximate surface area is 374 Å². The van der Waals surface area contributed by atoms with Crippen LogP contribution in [0.25, 0.3) is 29.1 Å². The molecule has 8 bridgehead atoms. The van der Waals surface area contributed by atoms with Gasteiger partial charge in [0, 0.05) is 12.0 Å². The molecule has 0 amide bonds. The molecular formula is C50H66MgN4O5-2. The summed E-state index contributed by atoms with van der Waals surface area (Å²) in [6.07, 6.45) is 16.6. The van der Waals surface area contributed by atoms with Crippen molar-refractivity contribution in [2.45, 2.75) is 140 Å². The molecule has 0 N–H and O–H groups in total. The van der Waals surface area contributed by atoms with Gasteiger partial charge in [-0.2, -0.15) is 11.4 Å². The number of methoxy groups -OCH3 is 1. The van der Waals surface area contributed by atoms with Gasteiger partial charge in [-0.25, -0.2) is 0 Å². The second-order valence-electron chi connectivity index (χ2n) is 18.0. The minimum Gasteiger partial charge on any atom is -0.664 e. The summed E-state index contributed by atoms with van der Waals surface area (Å²) < 4.78 is 11.1. The van der Waals surface area contributed by atoms with Gasteiger partial charge in [0.15, 0.2) is 5.78 Å². The third kappa shape index (κ3) is 9.80. The average molecular weight is 827 g/mol. The number of esters is 2. The molecule has 0 unspecified atom stereocenters. The van der Waals surface area contributed by atoms with E-state index in [0.29, 0.717) is 52.7 Å². The van der Waals surface area contributed by atoms with Gasteiger partial charge in [0.1, 0.15) is 5.92 Å². The van der Waals surface area contributed by atoms with E-state index >= 15 is 0 Å². The van der Waals surface area contributed by atoms with Crippen molar-refractivity contribution in [3.63, 3.8) is 0 Å². The van der Waals surface area contributed by atoms with Gasteiger partial charge in [0.05, 0.1) is 13.7 Å². The van der Waals surface area contributed by atoms with Gasteiger partial charge in [-0.1, -0.05) is 139 Å². The second-order valence-corrected chi connectivity index (χ2v) is 18.0. The van der Waals surface area contributed by atoms with Crippen molar-refractivity contribution in [1.29, 1.82) is 0 Å². The molecular weight excluding hydrogens is 761 g/mol. The van der Waals surface area contributed by atoms with E-state index in [1.807, 2.05) is 19.1 Å². The number of rotatable bonds is 17. The fraction of sp³-hybridized carbons (Fsp3) is 0.580. The Morgan fingerprint density at radius 2 is 1.40 bits per heavy atom. The molecule has 3 aromatic heterocycles. The van der Waals surface area contributed by atoms with Crippen molar-refractivity contribution in [2.75, 3.05) is 13.7 Å². The summed E-state index contributed by atoms with van der Waals surface area (Å²) in [6, 6.07) is 0. The monoisotopic (exact) mass is 826 g/mol. The molecule has 0 radical (unpaired) electrons. The third-order valence-corrected chi connectivity index (χ3v) is 13.4. The van der Waals surface area contributed by atoms with E-state index in [-0.39, 0.29) is 53.1 Å². The minimum atomic E-state index is -1.20. The Morgan fingerprint density at radius 1 is 0.767 bits per heavy atom. The molecule has 1 fully saturated rings. The Kier molecular flexibility index (Phi) is 16.1. The molecule has 2 aliphatic heterocycles. The molecule has 3 aromatic rings. The average Bonchev–Trinajstić information content (AvgIpc) is 3.94. The second kappa shape index (κ2) is 20.4. The van der Waals surface area contributed by atoms with Gasteiger partial charge in [0.25, 0.3) is 0 Å². The zero-order chi connectivity index (χ0) is 42.7. The maximum atomic E-state index is 14.3. The molecule has 10 heteroatoms. The molecule has 0 saturated carbocycles. The summed E-state index contributed by atoms with van der Waals surface area (Å²) in [7, 11) is 1.31. The van der Waals surface area contributed by atoms with Gasteiger partial charge >= 0.3 is 35.0 Å². The molecule has 5 heterocycles. The SMILES string of the molecule is CCc1c2[n-]c(c1C)/C=C1\[N-]/C(=C3\c4[n-]c(c(C)c4C(=O)[C@@H]3C(=O)OC)/C=c3\[n-]/c(c(C)c3CC)=C\2)[C@@H](CCC(=O)OCC[C@H](C)CCC[C@H](C)CCCC(C)C)[C@@H]1C.[Mg+2]. The van der Waals surface area contributed by atoms with Crippen LogP contribution in [0.1, 0.15) is 167 Å². The van der Waals surface area contributed by atoms with Crippen LogP contribution in [0.5, 0.6) is 0 Å². The zero-order valence-corrected chi connectivity index (χ0v) is 39.6. The van der Waals surface area contributed by atoms with Crippen molar-refractivity contribution in [3.05, 3.63) is 83.6 Å². The number of aromatic nitrogens is 3. The summed E-state index contributed by atoms with van der Waals surface area (Å²) in [4.78, 5) is 56.6. The molecule has 1 saturated heterocycles. The van der Waals surface area contributed by atoms with Crippen molar-refractivity contribution < 1.29 is 23.9 Å². The predicted octanol–water partition coefficient (Wildman–Crippen LogP) is 8.56. The van der Waals surface area contributed by atoms with E-state index in [1.165, 1.54) is 39.2 Å². The van der Waals surface area contributed by atoms with Crippen LogP contribution >= 0.6 is 0 Å². The van der Waals surface area contributed by atoms with Crippen molar-refractivity contribution in [3.8, 4) is 0 Å². The number of carbonyl (C=O) groups is 3. The summed E-state index contributed by atoms with van der Waals surface area (Å²) in [5, 5.41) is 6.93. The van der Waals surface area contributed by atoms with E-state index in [1.54, 1.807) is 0 Å². The van der Waals surface area contributed by atoms with Gasteiger partial charge in [-0.15, -0.1) is 33.5 Å². The molecule has 0 aromatic carbocycles. The fourth-order valence-corrected chi connectivity index (χ4v) is 9.57. The first-order chi connectivity index (χ1) is 28.2. The number of nitrogens with zero attached hydrogens (tertiary/aromatic N) is 4. The smallest absolute Gasteiger partial charge is 0.664 e. The maximum Gasteiger partial charge on any atom is 2.00 e. The molecule has 3 aliphatic rings. The van der Waals surface area contributed by atoms with Gasteiger partial charge in [-0.05, 0) is 76.0 Å². The quantitative estimate of drug-likeness (QED) is 0.0753. The predicted molar refractivity (Wildman–Crippen MR) is 241 cm³/mol. The molecule has 5 atom stereocenters. The third-order valence-electron chi connectivity index (χ3n) is 13.4. The van der Waals surface area contributed by atoms with Crippen LogP contribution in [0.3, 0.4) is 0 Å². The number of carbonyl (C=O) groups excluding carboxylic acids is 3. The van der Waals surface area contributed by atoms with Crippen LogP contribution in [-0.2, 0) is 31.9 Å². The Balaban J connectivity index is 0.00000683. The first-order valence-electron chi connectivity index (χ1n) is 22.3. The molecule has 9 nitrogen and oxygen atoms in total. The van der Waals surface area contributed by atoms with Crippen molar-refractivity contribution in [2.24, 2.45) is 35.5 Å². The number of hydrogen-bond donors (Lipinski definition) is 0. The van der Waals surface area contributed by atoms with Crippen LogP contribution in [-0.4, -0.2) is 54.5 Å². The van der Waals surface area contributed by atoms with Gasteiger partial charge < -0.3 is 29.7 Å². The number of ether oxygens (including phenoxy) is 2. The Bertz CT molecular complexity index is 2250.